The maximum absolute atomic E-state index is 12.8. The maximum atomic E-state index is 12.8. The van der Waals surface area contributed by atoms with Gasteiger partial charge in [-0.3, -0.25) is 4.79 Å². The lowest BCUT2D eigenvalue weighted by Gasteiger charge is -2.14. The first kappa shape index (κ1) is 18.6. The molecule has 1 heterocycles. The van der Waals surface area contributed by atoms with Crippen LogP contribution in [0.15, 0.2) is 36.5 Å². The second-order valence-corrected chi connectivity index (χ2v) is 4.80. The summed E-state index contributed by atoms with van der Waals surface area (Å²) in [5.74, 6) is -1.23. The van der Waals surface area contributed by atoms with E-state index in [4.69, 9.17) is 4.74 Å². The molecule has 0 radical (unpaired) electrons. The number of amides is 1. The Hall–Kier alpha value is -2.78. The molecule has 0 fully saturated rings. The molecule has 0 saturated heterocycles. The van der Waals surface area contributed by atoms with Crippen molar-refractivity contribution in [2.24, 2.45) is 0 Å². The highest BCUT2D eigenvalue weighted by atomic mass is 19.4. The van der Waals surface area contributed by atoms with Crippen molar-refractivity contribution in [3.8, 4) is 5.75 Å². The van der Waals surface area contributed by atoms with Gasteiger partial charge < -0.3 is 10.1 Å². The lowest BCUT2D eigenvalue weighted by Crippen LogP contribution is -2.18. The molecule has 0 aliphatic rings. The molecule has 0 aliphatic heterocycles. The van der Waals surface area contributed by atoms with E-state index in [1.165, 1.54) is 25.4 Å². The Bertz CT molecular complexity index is 754. The number of methoxy groups -OCH3 is 1. The molecule has 1 aromatic carbocycles. The molecule has 0 unspecified atom stereocenters. The van der Waals surface area contributed by atoms with Crippen LogP contribution in [0.3, 0.4) is 0 Å². The number of aromatic nitrogens is 1. The van der Waals surface area contributed by atoms with E-state index in [0.29, 0.717) is 12.1 Å². The first-order chi connectivity index (χ1) is 11.5. The Balaban J connectivity index is 2.45. The molecule has 134 valence electrons. The van der Waals surface area contributed by atoms with Crippen LogP contribution in [0.2, 0.25) is 0 Å². The van der Waals surface area contributed by atoms with Crippen molar-refractivity contribution in [2.75, 3.05) is 12.4 Å². The largest absolute Gasteiger partial charge is 0.493 e. The minimum Gasteiger partial charge on any atom is -0.493 e. The van der Waals surface area contributed by atoms with Gasteiger partial charge in [0.25, 0.3) is 5.91 Å². The van der Waals surface area contributed by atoms with E-state index < -0.39 is 35.0 Å². The number of pyridine rings is 1. The van der Waals surface area contributed by atoms with E-state index >= 15 is 0 Å². The number of ether oxygens (including phenoxy) is 1. The molecule has 0 saturated carbocycles. The van der Waals surface area contributed by atoms with Gasteiger partial charge in [0.2, 0.25) is 0 Å². The van der Waals surface area contributed by atoms with E-state index in [1.54, 1.807) is 0 Å². The molecule has 0 aliphatic carbocycles. The minimum atomic E-state index is -5.04. The van der Waals surface area contributed by atoms with Crippen LogP contribution in [0, 0.1) is 0 Å². The third kappa shape index (κ3) is 4.40. The quantitative estimate of drug-likeness (QED) is 0.823. The van der Waals surface area contributed by atoms with Gasteiger partial charge in [0.15, 0.2) is 11.6 Å². The number of rotatable bonds is 3. The third-order valence-corrected chi connectivity index (χ3v) is 3.07. The molecule has 1 aromatic heterocycles. The summed E-state index contributed by atoms with van der Waals surface area (Å²) in [5, 5.41) is 2.13. The van der Waals surface area contributed by atoms with Crippen molar-refractivity contribution in [1.82, 2.24) is 4.98 Å². The fourth-order valence-corrected chi connectivity index (χ4v) is 1.91. The summed E-state index contributed by atoms with van der Waals surface area (Å²) in [6, 6.07) is 3.49. The van der Waals surface area contributed by atoms with E-state index in [0.717, 1.165) is 0 Å². The Kier molecular flexibility index (Phi) is 4.91. The Morgan fingerprint density at radius 2 is 1.60 bits per heavy atom. The van der Waals surface area contributed by atoms with Crippen molar-refractivity contribution in [3.63, 3.8) is 0 Å². The highest BCUT2D eigenvalue weighted by molar-refractivity contribution is 6.04. The first-order valence-electron chi connectivity index (χ1n) is 6.62. The smallest absolute Gasteiger partial charge is 0.416 e. The molecule has 1 amide bonds. The average molecular weight is 364 g/mol. The number of nitrogens with zero attached hydrogens (tertiary/aromatic N) is 1. The van der Waals surface area contributed by atoms with Crippen LogP contribution in [-0.2, 0) is 12.4 Å². The number of anilines is 1. The monoisotopic (exact) mass is 364 g/mol. The number of halogens is 6. The normalized spacial score (nSPS) is 12.0. The van der Waals surface area contributed by atoms with Crippen molar-refractivity contribution < 1.29 is 35.9 Å². The van der Waals surface area contributed by atoms with Crippen LogP contribution in [0.25, 0.3) is 0 Å². The minimum absolute atomic E-state index is 0.0574. The second-order valence-electron chi connectivity index (χ2n) is 4.80. The molecule has 25 heavy (non-hydrogen) atoms. The molecule has 1 N–H and O–H groups in total. The van der Waals surface area contributed by atoms with Gasteiger partial charge >= 0.3 is 12.4 Å². The fourth-order valence-electron chi connectivity index (χ4n) is 1.91. The number of benzene rings is 1. The van der Waals surface area contributed by atoms with Crippen molar-refractivity contribution in [2.45, 2.75) is 12.4 Å². The predicted octanol–water partition coefficient (Wildman–Crippen LogP) is 4.38. The van der Waals surface area contributed by atoms with Gasteiger partial charge in [0.1, 0.15) is 0 Å². The summed E-state index contributed by atoms with van der Waals surface area (Å²) in [6.07, 6.45) is -8.82. The Morgan fingerprint density at radius 3 is 2.08 bits per heavy atom. The molecule has 4 nitrogen and oxygen atoms in total. The topological polar surface area (TPSA) is 51.2 Å². The van der Waals surface area contributed by atoms with E-state index in [-0.39, 0.29) is 17.6 Å². The highest BCUT2D eigenvalue weighted by Gasteiger charge is 2.37. The summed E-state index contributed by atoms with van der Waals surface area (Å²) in [4.78, 5) is 15.9. The van der Waals surface area contributed by atoms with E-state index in [9.17, 15) is 31.1 Å². The predicted molar refractivity (Wildman–Crippen MR) is 75.2 cm³/mol. The number of carbonyl (C=O) groups excluding carboxylic acids is 1. The van der Waals surface area contributed by atoms with Crippen molar-refractivity contribution in [3.05, 3.63) is 53.2 Å². The van der Waals surface area contributed by atoms with Crippen LogP contribution in [0.1, 0.15) is 21.5 Å². The molecule has 2 aromatic rings. The molecule has 0 bridgehead atoms. The molecular weight excluding hydrogens is 354 g/mol. The first-order valence-corrected chi connectivity index (χ1v) is 6.62. The molecular formula is C15H10F6N2O2. The van der Waals surface area contributed by atoms with Crippen molar-refractivity contribution >= 4 is 11.7 Å². The second kappa shape index (κ2) is 6.61. The van der Waals surface area contributed by atoms with Gasteiger partial charge in [0, 0.05) is 11.8 Å². The van der Waals surface area contributed by atoms with Gasteiger partial charge in [-0.2, -0.15) is 26.3 Å². The van der Waals surface area contributed by atoms with Gasteiger partial charge in [-0.05, 0) is 30.3 Å². The summed E-state index contributed by atoms with van der Waals surface area (Å²) >= 11 is 0. The molecule has 2 rings (SSSR count). The van der Waals surface area contributed by atoms with E-state index in [1.807, 2.05) is 0 Å². The molecule has 0 spiro atoms. The Labute approximate surface area is 137 Å². The lowest BCUT2D eigenvalue weighted by molar-refractivity contribution is -0.143. The number of nitrogens with one attached hydrogen (secondary N) is 1. The third-order valence-electron chi connectivity index (χ3n) is 3.07. The summed E-state index contributed by atoms with van der Waals surface area (Å²) in [5.41, 5.74) is -3.98. The maximum Gasteiger partial charge on any atom is 0.416 e. The number of alkyl halides is 6. The fraction of sp³-hybridized carbons (Fsp3) is 0.200. The SMILES string of the molecule is COc1cccnc1NC(=O)c1cc(C(F)(F)F)cc(C(F)(F)F)c1. The van der Waals surface area contributed by atoms with E-state index in [2.05, 4.69) is 10.3 Å². The molecule has 0 atom stereocenters. The summed E-state index contributed by atoms with van der Waals surface area (Å²) < 4.78 is 81.8. The lowest BCUT2D eigenvalue weighted by atomic mass is 10.0. The zero-order valence-electron chi connectivity index (χ0n) is 12.5. The van der Waals surface area contributed by atoms with Crippen LogP contribution in [0.4, 0.5) is 32.2 Å². The summed E-state index contributed by atoms with van der Waals surface area (Å²) in [6.45, 7) is 0. The average Bonchev–Trinajstić information content (AvgIpc) is 2.53. The zero-order chi connectivity index (χ0) is 18.8. The van der Waals surface area contributed by atoms with Crippen LogP contribution >= 0.6 is 0 Å². The van der Waals surface area contributed by atoms with Gasteiger partial charge in [-0.25, -0.2) is 4.98 Å². The zero-order valence-corrected chi connectivity index (χ0v) is 12.5. The number of hydrogen-bond acceptors (Lipinski definition) is 3. The van der Waals surface area contributed by atoms with Gasteiger partial charge in [-0.1, -0.05) is 0 Å². The van der Waals surface area contributed by atoms with Gasteiger partial charge in [0.05, 0.1) is 18.2 Å². The van der Waals surface area contributed by atoms with Crippen LogP contribution in [0.5, 0.6) is 5.75 Å². The van der Waals surface area contributed by atoms with Crippen molar-refractivity contribution in [1.29, 1.82) is 0 Å². The van der Waals surface area contributed by atoms with Crippen LogP contribution < -0.4 is 10.1 Å². The highest BCUT2D eigenvalue weighted by Crippen LogP contribution is 2.36. The number of carbonyl (C=O) groups is 1. The standard InChI is InChI=1S/C15H10F6N2O2/c1-25-11-3-2-4-22-12(11)23-13(24)8-5-9(14(16,17)18)7-10(6-8)15(19,20)21/h2-7H,1H3,(H,22,23,24). The Morgan fingerprint density at radius 1 is 1.04 bits per heavy atom. The summed E-state index contributed by atoms with van der Waals surface area (Å²) in [7, 11) is 1.26. The number of hydrogen-bond donors (Lipinski definition) is 1. The van der Waals surface area contributed by atoms with Gasteiger partial charge in [-0.15, -0.1) is 0 Å². The molecule has 10 heteroatoms. The van der Waals surface area contributed by atoms with Crippen LogP contribution in [-0.4, -0.2) is 18.0 Å².